The highest BCUT2D eigenvalue weighted by Gasteiger charge is 2.27. The van der Waals surface area contributed by atoms with Gasteiger partial charge in [-0.2, -0.15) is 0 Å². The number of nitrogens with one attached hydrogen (secondary N) is 2. The lowest BCUT2D eigenvalue weighted by molar-refractivity contribution is -0.127. The van der Waals surface area contributed by atoms with Crippen LogP contribution in [0.25, 0.3) is 0 Å². The molecule has 3 rings (SSSR count). The minimum absolute atomic E-state index is 0.475. The Morgan fingerprint density at radius 2 is 1.67 bits per heavy atom. The number of hydrogen-bond acceptors (Lipinski definition) is 4. The van der Waals surface area contributed by atoms with Gasteiger partial charge in [-0.05, 0) is 67.2 Å². The average molecular weight is 394 g/mol. The maximum Gasteiger partial charge on any atom is 0.332 e. The van der Waals surface area contributed by atoms with Crippen molar-refractivity contribution in [3.63, 3.8) is 0 Å². The van der Waals surface area contributed by atoms with Gasteiger partial charge < -0.3 is 10.2 Å². The molecule has 1 aromatic carbocycles. The smallest absolute Gasteiger partial charge is 0.332 e. The van der Waals surface area contributed by atoms with Crippen molar-refractivity contribution in [2.45, 2.75) is 51.9 Å². The maximum absolute atomic E-state index is 12.4. The van der Waals surface area contributed by atoms with Gasteiger partial charge in [0.05, 0.1) is 0 Å². The second-order valence-electron chi connectivity index (χ2n) is 7.36. The van der Waals surface area contributed by atoms with Crippen LogP contribution in [0.4, 0.5) is 10.5 Å². The topological polar surface area (TPSA) is 95.6 Å². The third kappa shape index (κ3) is 4.43. The molecule has 0 radical (unpaired) electrons. The number of aryl methyl sites for hydroxylation is 2. The molecule has 0 bridgehead atoms. The summed E-state index contributed by atoms with van der Waals surface area (Å²) in [6, 6.07) is 1.45. The fourth-order valence-corrected chi connectivity index (χ4v) is 4.97. The van der Waals surface area contributed by atoms with E-state index < -0.39 is 27.7 Å². The Kier molecular flexibility index (Phi) is 5.74. The molecule has 0 atom stereocenters. The van der Waals surface area contributed by atoms with Crippen LogP contribution in [0.15, 0.2) is 6.07 Å². The van der Waals surface area contributed by atoms with Crippen LogP contribution in [0, 0.1) is 0 Å². The van der Waals surface area contributed by atoms with Crippen molar-refractivity contribution >= 4 is 27.6 Å². The Morgan fingerprint density at radius 3 is 2.22 bits per heavy atom. The lowest BCUT2D eigenvalue weighted by atomic mass is 9.99. The molecule has 0 fully saturated rings. The van der Waals surface area contributed by atoms with Gasteiger partial charge in [0.15, 0.2) is 0 Å². The van der Waals surface area contributed by atoms with Crippen LogP contribution in [0.2, 0.25) is 0 Å². The van der Waals surface area contributed by atoms with Crippen LogP contribution in [-0.2, 0) is 40.5 Å². The van der Waals surface area contributed by atoms with Crippen LogP contribution < -0.4 is 10.0 Å². The highest BCUT2D eigenvalue weighted by molar-refractivity contribution is 7.90. The van der Waals surface area contributed by atoms with Gasteiger partial charge in [0.1, 0.15) is 5.75 Å². The summed E-state index contributed by atoms with van der Waals surface area (Å²) in [6.07, 6.45) is 6.61. The number of fused-ring (bicyclic) bond motifs is 2. The third-order valence-corrected chi connectivity index (χ3v) is 6.38. The van der Waals surface area contributed by atoms with E-state index in [4.69, 9.17) is 0 Å². The van der Waals surface area contributed by atoms with Crippen molar-refractivity contribution in [1.29, 1.82) is 0 Å². The van der Waals surface area contributed by atoms with Gasteiger partial charge in [0, 0.05) is 19.3 Å². The molecule has 2 N–H and O–H groups in total. The number of carbonyl (C=O) groups is 2. The van der Waals surface area contributed by atoms with Crippen molar-refractivity contribution in [1.82, 2.24) is 9.62 Å². The zero-order valence-corrected chi connectivity index (χ0v) is 16.7. The van der Waals surface area contributed by atoms with Gasteiger partial charge in [-0.3, -0.25) is 4.79 Å². The predicted molar refractivity (Wildman–Crippen MR) is 104 cm³/mol. The van der Waals surface area contributed by atoms with E-state index in [9.17, 15) is 18.0 Å². The van der Waals surface area contributed by atoms with Crippen molar-refractivity contribution < 1.29 is 18.0 Å². The van der Waals surface area contributed by atoms with Gasteiger partial charge in [0.2, 0.25) is 15.9 Å². The number of urea groups is 1. The van der Waals surface area contributed by atoms with Crippen LogP contribution in [-0.4, -0.2) is 44.6 Å². The second-order valence-corrected chi connectivity index (χ2v) is 9.09. The SMILES string of the molecule is CCCN(C)C(=O)CS(=O)(=O)NC(=O)Nc1c2c(cc3c1CCC3)CCC2. The highest BCUT2D eigenvalue weighted by Crippen LogP contribution is 2.38. The summed E-state index contributed by atoms with van der Waals surface area (Å²) in [5.41, 5.74) is 5.54. The summed E-state index contributed by atoms with van der Waals surface area (Å²) in [5.74, 6) is -1.26. The first-order valence-corrected chi connectivity index (χ1v) is 11.2. The second kappa shape index (κ2) is 7.88. The quantitative estimate of drug-likeness (QED) is 0.772. The average Bonchev–Trinajstić information content (AvgIpc) is 3.22. The number of rotatable bonds is 6. The largest absolute Gasteiger partial charge is 0.345 e. The van der Waals surface area contributed by atoms with Gasteiger partial charge in [-0.1, -0.05) is 13.0 Å². The highest BCUT2D eigenvalue weighted by atomic mass is 32.2. The van der Waals surface area contributed by atoms with Crippen LogP contribution in [0.3, 0.4) is 0 Å². The van der Waals surface area contributed by atoms with Crippen molar-refractivity contribution in [2.24, 2.45) is 0 Å². The number of sulfonamides is 1. The van der Waals surface area contributed by atoms with Crippen LogP contribution >= 0.6 is 0 Å². The normalized spacial score (nSPS) is 15.2. The molecule has 3 amide bonds. The lowest BCUT2D eigenvalue weighted by Gasteiger charge is -2.18. The molecule has 27 heavy (non-hydrogen) atoms. The summed E-state index contributed by atoms with van der Waals surface area (Å²) >= 11 is 0. The molecular formula is C19H27N3O4S. The first-order valence-electron chi connectivity index (χ1n) is 9.52. The Labute approximate surface area is 160 Å². The monoisotopic (exact) mass is 393 g/mol. The number of benzene rings is 1. The number of nitrogens with zero attached hydrogens (tertiary/aromatic N) is 1. The van der Waals surface area contributed by atoms with E-state index in [1.807, 2.05) is 11.6 Å². The molecule has 0 saturated heterocycles. The molecule has 2 aliphatic carbocycles. The molecule has 0 aliphatic heterocycles. The summed E-state index contributed by atoms with van der Waals surface area (Å²) in [5, 5.41) is 2.77. The molecule has 148 valence electrons. The molecule has 0 unspecified atom stereocenters. The van der Waals surface area contributed by atoms with Crippen LogP contribution in [0.5, 0.6) is 0 Å². The van der Waals surface area contributed by atoms with E-state index in [0.717, 1.165) is 61.8 Å². The number of hydrogen-bond donors (Lipinski definition) is 2. The minimum Gasteiger partial charge on any atom is -0.345 e. The standard InChI is InChI=1S/C19H27N3O4S/c1-3-10-22(2)17(23)12-27(25,26)21-19(24)20-18-15-8-4-6-13(15)11-14-7-5-9-16(14)18/h11H,3-10,12H2,1-2H3,(H2,20,21,24). The molecular weight excluding hydrogens is 366 g/mol. The first-order chi connectivity index (χ1) is 12.8. The minimum atomic E-state index is -4.04. The number of amides is 3. The fourth-order valence-electron chi connectivity index (χ4n) is 4.02. The van der Waals surface area contributed by atoms with E-state index in [1.54, 1.807) is 7.05 Å². The first kappa shape index (κ1) is 19.7. The van der Waals surface area contributed by atoms with E-state index in [2.05, 4.69) is 11.4 Å². The van der Waals surface area contributed by atoms with Crippen molar-refractivity contribution in [2.75, 3.05) is 24.7 Å². The summed E-state index contributed by atoms with van der Waals surface area (Å²) in [7, 11) is -2.49. The van der Waals surface area contributed by atoms with Gasteiger partial charge in [0.25, 0.3) is 0 Å². The van der Waals surface area contributed by atoms with Gasteiger partial charge >= 0.3 is 6.03 Å². The number of carbonyl (C=O) groups excluding carboxylic acids is 2. The van der Waals surface area contributed by atoms with Crippen molar-refractivity contribution in [3.05, 3.63) is 28.3 Å². The molecule has 2 aliphatic rings. The molecule has 0 spiro atoms. The van der Waals surface area contributed by atoms with E-state index in [-0.39, 0.29) is 0 Å². The Morgan fingerprint density at radius 1 is 1.07 bits per heavy atom. The molecule has 8 heteroatoms. The third-order valence-electron chi connectivity index (χ3n) is 5.26. The number of anilines is 1. The molecule has 0 heterocycles. The molecule has 7 nitrogen and oxygen atoms in total. The Hall–Kier alpha value is -2.09. The molecule has 0 saturated carbocycles. The van der Waals surface area contributed by atoms with E-state index in [0.29, 0.717) is 6.54 Å². The zero-order valence-electron chi connectivity index (χ0n) is 15.9. The Balaban J connectivity index is 1.71. The fraction of sp³-hybridized carbons (Fsp3) is 0.579. The van der Waals surface area contributed by atoms with Crippen LogP contribution in [0.1, 0.15) is 48.4 Å². The summed E-state index contributed by atoms with van der Waals surface area (Å²) in [4.78, 5) is 25.7. The summed E-state index contributed by atoms with van der Waals surface area (Å²) < 4.78 is 26.4. The van der Waals surface area contributed by atoms with Gasteiger partial charge in [-0.25, -0.2) is 17.9 Å². The lowest BCUT2D eigenvalue weighted by Crippen LogP contribution is -2.41. The summed E-state index contributed by atoms with van der Waals surface area (Å²) in [6.45, 7) is 2.38. The zero-order chi connectivity index (χ0) is 19.6. The Bertz CT molecular complexity index is 832. The van der Waals surface area contributed by atoms with Crippen molar-refractivity contribution in [3.8, 4) is 0 Å². The molecule has 1 aromatic rings. The van der Waals surface area contributed by atoms with E-state index in [1.165, 1.54) is 16.0 Å². The molecule has 0 aromatic heterocycles. The maximum atomic E-state index is 12.4. The van der Waals surface area contributed by atoms with Gasteiger partial charge in [-0.15, -0.1) is 0 Å². The predicted octanol–water partition coefficient (Wildman–Crippen LogP) is 1.98. The van der Waals surface area contributed by atoms with E-state index >= 15 is 0 Å².